The molecular weight excluding hydrogens is 304 g/mol. The Hall–Kier alpha value is -2.23. The smallest absolute Gasteiger partial charge is 0.339 e. The van der Waals surface area contributed by atoms with Gasteiger partial charge in [0.15, 0.2) is 22.6 Å². The van der Waals surface area contributed by atoms with Crippen molar-refractivity contribution in [3.63, 3.8) is 0 Å². The number of H-pyrrole nitrogens is 1. The van der Waals surface area contributed by atoms with E-state index in [1.54, 1.807) is 6.92 Å². The van der Waals surface area contributed by atoms with Crippen molar-refractivity contribution in [3.05, 3.63) is 38.4 Å². The van der Waals surface area contributed by atoms with E-state index in [0.29, 0.717) is 24.4 Å². The largest absolute Gasteiger partial charge is 0.368 e. The summed E-state index contributed by atoms with van der Waals surface area (Å²) in [5.41, 5.74) is -1.88. The summed E-state index contributed by atoms with van der Waals surface area (Å²) < 4.78 is 28.3. The molecule has 0 aromatic carbocycles. The van der Waals surface area contributed by atoms with E-state index in [2.05, 4.69) is 20.4 Å². The van der Waals surface area contributed by atoms with E-state index in [1.807, 2.05) is 0 Å². The van der Waals surface area contributed by atoms with E-state index < -0.39 is 22.8 Å². The van der Waals surface area contributed by atoms with Gasteiger partial charge in [0.05, 0.1) is 0 Å². The van der Waals surface area contributed by atoms with Gasteiger partial charge in [-0.1, -0.05) is 0 Å². The molecule has 0 bridgehead atoms. The van der Waals surface area contributed by atoms with Crippen molar-refractivity contribution in [2.75, 3.05) is 11.9 Å². The fourth-order valence-corrected chi connectivity index (χ4v) is 2.23. The van der Waals surface area contributed by atoms with E-state index in [1.165, 1.54) is 7.05 Å². The number of nitrogens with zero attached hydrogens (tertiary/aromatic N) is 3. The van der Waals surface area contributed by atoms with Crippen LogP contribution in [-0.2, 0) is 7.05 Å². The van der Waals surface area contributed by atoms with Gasteiger partial charge in [-0.05, 0) is 18.7 Å². The maximum absolute atomic E-state index is 13.7. The Morgan fingerprint density at radius 2 is 2.05 bits per heavy atom. The topological polar surface area (TPSA) is 92.7 Å². The normalized spacial score (nSPS) is 10.7. The Bertz CT molecular complexity index is 789. The van der Waals surface area contributed by atoms with E-state index in [-0.39, 0.29) is 16.0 Å². The van der Waals surface area contributed by atoms with Crippen LogP contribution in [-0.4, -0.2) is 26.3 Å². The fourth-order valence-electron chi connectivity index (χ4n) is 1.45. The van der Waals surface area contributed by atoms with Crippen molar-refractivity contribution >= 4 is 17.6 Å². The second-order valence-corrected chi connectivity index (χ2v) is 4.89. The standard InChI is InChI=1S/C11H11F2N5O2S/c1-3-14-7-5(12)4-6(13)10(15-7)21-11-16-8(19)9(20)17-18(11)2/h4H,3H2,1-2H3,(H,14,15)(H,17,20). The Balaban J connectivity index is 2.44. The zero-order chi connectivity index (χ0) is 15.6. The van der Waals surface area contributed by atoms with Gasteiger partial charge < -0.3 is 5.32 Å². The van der Waals surface area contributed by atoms with Gasteiger partial charge in [-0.2, -0.15) is 4.98 Å². The molecule has 0 atom stereocenters. The first-order valence-corrected chi connectivity index (χ1v) is 6.69. The van der Waals surface area contributed by atoms with Crippen LogP contribution < -0.4 is 16.4 Å². The first-order chi connectivity index (χ1) is 9.92. The molecule has 0 aliphatic heterocycles. The lowest BCUT2D eigenvalue weighted by Gasteiger charge is -2.09. The molecule has 2 heterocycles. The average molecular weight is 315 g/mol. The molecule has 2 aromatic rings. The molecule has 2 rings (SSSR count). The molecule has 0 aliphatic rings. The lowest BCUT2D eigenvalue weighted by atomic mass is 10.4. The van der Waals surface area contributed by atoms with Crippen LogP contribution in [0.25, 0.3) is 0 Å². The van der Waals surface area contributed by atoms with Crippen molar-refractivity contribution in [2.45, 2.75) is 17.1 Å². The van der Waals surface area contributed by atoms with Gasteiger partial charge in [-0.3, -0.25) is 19.4 Å². The predicted molar refractivity (Wildman–Crippen MR) is 72.5 cm³/mol. The first kappa shape index (κ1) is 15.2. The highest BCUT2D eigenvalue weighted by atomic mass is 32.2. The highest BCUT2D eigenvalue weighted by Gasteiger charge is 2.15. The van der Waals surface area contributed by atoms with Gasteiger partial charge in [-0.25, -0.2) is 13.8 Å². The van der Waals surface area contributed by atoms with Crippen molar-refractivity contribution in [1.29, 1.82) is 0 Å². The van der Waals surface area contributed by atoms with Gasteiger partial charge in [0, 0.05) is 19.7 Å². The molecule has 0 saturated carbocycles. The Labute approximate surface area is 121 Å². The molecule has 0 saturated heterocycles. The summed E-state index contributed by atoms with van der Waals surface area (Å²) in [4.78, 5) is 29.6. The number of rotatable bonds is 4. The molecule has 0 radical (unpaired) electrons. The van der Waals surface area contributed by atoms with E-state index >= 15 is 0 Å². The number of aromatic nitrogens is 4. The summed E-state index contributed by atoms with van der Waals surface area (Å²) in [6.07, 6.45) is 0. The van der Waals surface area contributed by atoms with Gasteiger partial charge in [0.2, 0.25) is 0 Å². The average Bonchev–Trinajstić information content (AvgIpc) is 2.41. The maximum Gasteiger partial charge on any atom is 0.339 e. The minimum atomic E-state index is -0.995. The Kier molecular flexibility index (Phi) is 4.36. The van der Waals surface area contributed by atoms with Crippen LogP contribution in [0.2, 0.25) is 0 Å². The van der Waals surface area contributed by atoms with Gasteiger partial charge in [0.1, 0.15) is 5.03 Å². The molecule has 0 fully saturated rings. The maximum atomic E-state index is 13.7. The molecular formula is C11H11F2N5O2S. The van der Waals surface area contributed by atoms with Gasteiger partial charge in [-0.15, -0.1) is 0 Å². The molecule has 0 spiro atoms. The number of halogens is 2. The number of aryl methyl sites for hydroxylation is 1. The van der Waals surface area contributed by atoms with Crippen LogP contribution in [0.15, 0.2) is 25.8 Å². The summed E-state index contributed by atoms with van der Waals surface area (Å²) in [6.45, 7) is 2.15. The lowest BCUT2D eigenvalue weighted by molar-refractivity contribution is 0.548. The molecule has 0 amide bonds. The third-order valence-electron chi connectivity index (χ3n) is 2.38. The van der Waals surface area contributed by atoms with Crippen LogP contribution >= 0.6 is 11.8 Å². The van der Waals surface area contributed by atoms with Crippen LogP contribution in [0.1, 0.15) is 6.92 Å². The molecule has 112 valence electrons. The number of nitrogens with one attached hydrogen (secondary N) is 2. The van der Waals surface area contributed by atoms with E-state index in [4.69, 9.17) is 0 Å². The monoisotopic (exact) mass is 315 g/mol. The number of hydrogen-bond donors (Lipinski definition) is 2. The summed E-state index contributed by atoms with van der Waals surface area (Å²) in [5.74, 6) is -1.81. The van der Waals surface area contributed by atoms with Crippen molar-refractivity contribution in [2.24, 2.45) is 7.05 Å². The molecule has 21 heavy (non-hydrogen) atoms. The number of aromatic amines is 1. The highest BCUT2D eigenvalue weighted by molar-refractivity contribution is 7.99. The SMILES string of the molecule is CCNc1nc(Sc2nc(=O)c(=O)[nH]n2C)c(F)cc1F. The zero-order valence-corrected chi connectivity index (χ0v) is 11.9. The molecule has 7 nitrogen and oxygen atoms in total. The van der Waals surface area contributed by atoms with E-state index in [0.717, 1.165) is 4.68 Å². The van der Waals surface area contributed by atoms with Crippen molar-refractivity contribution in [1.82, 2.24) is 19.7 Å². The minimum absolute atomic E-state index is 0.0278. The summed E-state index contributed by atoms with van der Waals surface area (Å²) in [5, 5.41) is 4.74. The Morgan fingerprint density at radius 3 is 2.71 bits per heavy atom. The summed E-state index contributed by atoms with van der Waals surface area (Å²) >= 11 is 0.701. The van der Waals surface area contributed by atoms with E-state index in [9.17, 15) is 18.4 Å². The molecule has 0 unspecified atom stereocenters. The lowest BCUT2D eigenvalue weighted by Crippen LogP contribution is -2.33. The van der Waals surface area contributed by atoms with Gasteiger partial charge in [0.25, 0.3) is 0 Å². The van der Waals surface area contributed by atoms with Crippen LogP contribution in [0, 0.1) is 11.6 Å². The fraction of sp³-hybridized carbons (Fsp3) is 0.273. The summed E-state index contributed by atoms with van der Waals surface area (Å²) in [7, 11) is 1.43. The predicted octanol–water partition coefficient (Wildman–Crippen LogP) is 0.725. The number of anilines is 1. The first-order valence-electron chi connectivity index (χ1n) is 5.87. The number of hydrogen-bond acceptors (Lipinski definition) is 6. The van der Waals surface area contributed by atoms with Crippen molar-refractivity contribution < 1.29 is 8.78 Å². The third-order valence-corrected chi connectivity index (χ3v) is 3.40. The number of pyridine rings is 1. The second-order valence-electron chi connectivity index (χ2n) is 3.94. The third kappa shape index (κ3) is 3.27. The molecule has 0 aliphatic carbocycles. The molecule has 2 N–H and O–H groups in total. The molecule has 2 aromatic heterocycles. The van der Waals surface area contributed by atoms with Gasteiger partial charge >= 0.3 is 11.1 Å². The van der Waals surface area contributed by atoms with Crippen LogP contribution in [0.3, 0.4) is 0 Å². The Morgan fingerprint density at radius 1 is 1.33 bits per heavy atom. The quantitative estimate of drug-likeness (QED) is 0.808. The highest BCUT2D eigenvalue weighted by Crippen LogP contribution is 2.27. The zero-order valence-electron chi connectivity index (χ0n) is 11.1. The van der Waals surface area contributed by atoms with Crippen LogP contribution in [0.5, 0.6) is 0 Å². The second kappa shape index (κ2) is 6.04. The van der Waals surface area contributed by atoms with Crippen molar-refractivity contribution in [3.8, 4) is 0 Å². The summed E-state index contributed by atoms with van der Waals surface area (Å²) in [6, 6.07) is 0.692. The van der Waals surface area contributed by atoms with Crippen LogP contribution in [0.4, 0.5) is 14.6 Å². The minimum Gasteiger partial charge on any atom is -0.368 e. The molecule has 10 heteroatoms.